The van der Waals surface area contributed by atoms with Crippen LogP contribution in [0.3, 0.4) is 0 Å². The van der Waals surface area contributed by atoms with Gasteiger partial charge in [0.25, 0.3) is 0 Å². The molecule has 0 saturated carbocycles. The number of oxazole rings is 1. The van der Waals surface area contributed by atoms with Gasteiger partial charge < -0.3 is 9.15 Å². The van der Waals surface area contributed by atoms with Crippen LogP contribution in [0.4, 0.5) is 8.78 Å². The van der Waals surface area contributed by atoms with E-state index < -0.39 is 17.6 Å². The zero-order chi connectivity index (χ0) is 14.8. The van der Waals surface area contributed by atoms with Crippen molar-refractivity contribution in [1.29, 1.82) is 0 Å². The smallest absolute Gasteiger partial charge is 0.338 e. The lowest BCUT2D eigenvalue weighted by atomic mass is 10.2. The Morgan fingerprint density at radius 1 is 1.14 bits per heavy atom. The Balaban J connectivity index is 1.73. The molecule has 106 valence electrons. The summed E-state index contributed by atoms with van der Waals surface area (Å²) in [6.45, 7) is -0.217. The quantitative estimate of drug-likeness (QED) is 0.693. The maximum atomic E-state index is 13.0. The van der Waals surface area contributed by atoms with E-state index in [4.69, 9.17) is 9.15 Å². The van der Waals surface area contributed by atoms with Gasteiger partial charge in [0.2, 0.25) is 5.89 Å². The lowest BCUT2D eigenvalue weighted by molar-refractivity contribution is 0.0439. The lowest BCUT2D eigenvalue weighted by Crippen LogP contribution is -2.06. The molecule has 0 radical (unpaired) electrons. The lowest BCUT2D eigenvalue weighted by Gasteiger charge is -2.02. The van der Waals surface area contributed by atoms with Gasteiger partial charge >= 0.3 is 5.97 Å². The molecule has 0 bridgehead atoms. The van der Waals surface area contributed by atoms with E-state index in [-0.39, 0.29) is 18.1 Å². The largest absolute Gasteiger partial charge is 0.452 e. The monoisotopic (exact) mass is 289 g/mol. The standard InChI is InChI=1S/C15H9F2NO3/c16-10-5-9(6-11(17)7-10)15(19)20-8-14-18-12-3-1-2-4-13(12)21-14/h1-7H,8H2. The Morgan fingerprint density at radius 2 is 1.86 bits per heavy atom. The Kier molecular flexibility index (Phi) is 3.35. The molecule has 0 atom stereocenters. The molecule has 0 fully saturated rings. The molecule has 0 aliphatic carbocycles. The third kappa shape index (κ3) is 2.89. The topological polar surface area (TPSA) is 52.3 Å². The third-order valence-corrected chi connectivity index (χ3v) is 2.76. The molecule has 0 aliphatic heterocycles. The molecule has 0 unspecified atom stereocenters. The van der Waals surface area contributed by atoms with E-state index in [2.05, 4.69) is 4.98 Å². The normalized spacial score (nSPS) is 10.8. The van der Waals surface area contributed by atoms with Crippen molar-refractivity contribution in [3.63, 3.8) is 0 Å². The molecule has 0 saturated heterocycles. The minimum absolute atomic E-state index is 0.205. The summed E-state index contributed by atoms with van der Waals surface area (Å²) in [5.41, 5.74) is 1.00. The van der Waals surface area contributed by atoms with Crippen LogP contribution in [-0.2, 0) is 11.3 Å². The Hall–Kier alpha value is -2.76. The van der Waals surface area contributed by atoms with Crippen LogP contribution in [-0.4, -0.2) is 11.0 Å². The van der Waals surface area contributed by atoms with Crippen LogP contribution in [0.5, 0.6) is 0 Å². The number of hydrogen-bond acceptors (Lipinski definition) is 4. The van der Waals surface area contributed by atoms with Crippen LogP contribution in [0.2, 0.25) is 0 Å². The van der Waals surface area contributed by atoms with E-state index in [0.29, 0.717) is 17.2 Å². The molecule has 0 amide bonds. The van der Waals surface area contributed by atoms with Gasteiger partial charge in [0, 0.05) is 6.07 Å². The number of carbonyl (C=O) groups excluding carboxylic acids is 1. The molecular weight excluding hydrogens is 280 g/mol. The van der Waals surface area contributed by atoms with Gasteiger partial charge in [-0.3, -0.25) is 0 Å². The van der Waals surface area contributed by atoms with Gasteiger partial charge in [-0.05, 0) is 24.3 Å². The van der Waals surface area contributed by atoms with Crippen LogP contribution in [0.25, 0.3) is 11.1 Å². The molecule has 3 rings (SSSR count). The number of para-hydroxylation sites is 2. The number of rotatable bonds is 3. The molecule has 4 nitrogen and oxygen atoms in total. The first-order chi connectivity index (χ1) is 10.1. The van der Waals surface area contributed by atoms with Crippen molar-refractivity contribution in [3.05, 3.63) is 65.6 Å². The second-order valence-corrected chi connectivity index (χ2v) is 4.31. The summed E-state index contributed by atoms with van der Waals surface area (Å²) < 4.78 is 36.3. The van der Waals surface area contributed by atoms with Crippen molar-refractivity contribution < 1.29 is 22.7 Å². The predicted molar refractivity (Wildman–Crippen MR) is 69.5 cm³/mol. The SMILES string of the molecule is O=C(OCc1nc2ccccc2o1)c1cc(F)cc(F)c1. The zero-order valence-electron chi connectivity index (χ0n) is 10.7. The molecule has 1 aromatic heterocycles. The molecule has 21 heavy (non-hydrogen) atoms. The number of aromatic nitrogens is 1. The summed E-state index contributed by atoms with van der Waals surface area (Å²) in [5.74, 6) is -2.33. The number of esters is 1. The van der Waals surface area contributed by atoms with Crippen molar-refractivity contribution in [1.82, 2.24) is 4.98 Å². The van der Waals surface area contributed by atoms with E-state index >= 15 is 0 Å². The summed E-state index contributed by atoms with van der Waals surface area (Å²) in [6.07, 6.45) is 0. The van der Waals surface area contributed by atoms with Crippen molar-refractivity contribution in [2.24, 2.45) is 0 Å². The summed E-state index contributed by atoms with van der Waals surface area (Å²) in [7, 11) is 0. The second kappa shape index (κ2) is 5.32. The number of fused-ring (bicyclic) bond motifs is 1. The first-order valence-electron chi connectivity index (χ1n) is 6.09. The third-order valence-electron chi connectivity index (χ3n) is 2.76. The zero-order valence-corrected chi connectivity index (χ0v) is 10.7. The molecule has 1 heterocycles. The molecular formula is C15H9F2NO3. The number of ether oxygens (including phenoxy) is 1. The molecule has 0 aliphatic rings. The van der Waals surface area contributed by atoms with Crippen LogP contribution >= 0.6 is 0 Å². The Morgan fingerprint density at radius 3 is 2.57 bits per heavy atom. The van der Waals surface area contributed by atoms with E-state index in [0.717, 1.165) is 12.1 Å². The number of nitrogens with zero attached hydrogens (tertiary/aromatic N) is 1. The molecule has 6 heteroatoms. The highest BCUT2D eigenvalue weighted by atomic mass is 19.1. The number of benzene rings is 2. The minimum atomic E-state index is -0.851. The van der Waals surface area contributed by atoms with E-state index in [1.807, 2.05) is 0 Å². The van der Waals surface area contributed by atoms with Gasteiger partial charge in [-0.25, -0.2) is 18.6 Å². The second-order valence-electron chi connectivity index (χ2n) is 4.31. The van der Waals surface area contributed by atoms with E-state index in [9.17, 15) is 13.6 Å². The van der Waals surface area contributed by atoms with Crippen molar-refractivity contribution >= 4 is 17.1 Å². The fourth-order valence-electron chi connectivity index (χ4n) is 1.86. The van der Waals surface area contributed by atoms with E-state index in [1.54, 1.807) is 24.3 Å². The fraction of sp³-hybridized carbons (Fsp3) is 0.0667. The van der Waals surface area contributed by atoms with Gasteiger partial charge in [0.15, 0.2) is 12.2 Å². The van der Waals surface area contributed by atoms with Crippen molar-refractivity contribution in [3.8, 4) is 0 Å². The van der Waals surface area contributed by atoms with E-state index in [1.165, 1.54) is 0 Å². The molecule has 0 N–H and O–H groups in total. The van der Waals surface area contributed by atoms with Gasteiger partial charge in [0.1, 0.15) is 17.2 Å². The van der Waals surface area contributed by atoms with Gasteiger partial charge in [-0.2, -0.15) is 0 Å². The summed E-state index contributed by atoms with van der Waals surface area (Å²) in [6, 6.07) is 9.56. The highest BCUT2D eigenvalue weighted by molar-refractivity contribution is 5.89. The Labute approximate surface area is 118 Å². The molecule has 2 aromatic carbocycles. The first kappa shape index (κ1) is 13.2. The average molecular weight is 289 g/mol. The van der Waals surface area contributed by atoms with Crippen molar-refractivity contribution in [2.45, 2.75) is 6.61 Å². The maximum absolute atomic E-state index is 13.0. The summed E-state index contributed by atoms with van der Waals surface area (Å²) >= 11 is 0. The highest BCUT2D eigenvalue weighted by Gasteiger charge is 2.13. The van der Waals surface area contributed by atoms with Gasteiger partial charge in [-0.15, -0.1) is 0 Å². The fourth-order valence-corrected chi connectivity index (χ4v) is 1.86. The summed E-state index contributed by atoms with van der Waals surface area (Å²) in [5, 5.41) is 0. The van der Waals surface area contributed by atoms with Gasteiger partial charge in [-0.1, -0.05) is 12.1 Å². The van der Waals surface area contributed by atoms with Crippen molar-refractivity contribution in [2.75, 3.05) is 0 Å². The first-order valence-corrected chi connectivity index (χ1v) is 6.09. The van der Waals surface area contributed by atoms with Crippen LogP contribution in [0.1, 0.15) is 16.2 Å². The van der Waals surface area contributed by atoms with Crippen LogP contribution in [0, 0.1) is 11.6 Å². The molecule has 3 aromatic rings. The van der Waals surface area contributed by atoms with Crippen LogP contribution in [0.15, 0.2) is 46.9 Å². The van der Waals surface area contributed by atoms with Gasteiger partial charge in [0.05, 0.1) is 5.56 Å². The highest BCUT2D eigenvalue weighted by Crippen LogP contribution is 2.16. The minimum Gasteiger partial charge on any atom is -0.452 e. The maximum Gasteiger partial charge on any atom is 0.338 e. The number of halogens is 2. The number of hydrogen-bond donors (Lipinski definition) is 0. The predicted octanol–water partition coefficient (Wildman–Crippen LogP) is 3.46. The Bertz CT molecular complexity index is 760. The molecule has 0 spiro atoms. The average Bonchev–Trinajstić information content (AvgIpc) is 2.86. The van der Waals surface area contributed by atoms with Crippen LogP contribution < -0.4 is 0 Å². The number of carbonyl (C=O) groups is 1. The summed E-state index contributed by atoms with van der Waals surface area (Å²) in [4.78, 5) is 15.8.